The van der Waals surface area contributed by atoms with Gasteiger partial charge in [0, 0.05) is 46.8 Å². The predicted molar refractivity (Wildman–Crippen MR) is 112 cm³/mol. The van der Waals surface area contributed by atoms with E-state index in [4.69, 9.17) is 0 Å². The molecule has 11 nitrogen and oxygen atoms in total. The summed E-state index contributed by atoms with van der Waals surface area (Å²) in [7, 11) is 0. The second-order valence-corrected chi connectivity index (χ2v) is 6.10. The molecular formula is C20H16N4O7. The lowest BCUT2D eigenvalue weighted by atomic mass is 10.1. The lowest BCUT2D eigenvalue weighted by Crippen LogP contribution is -2.14. The number of carbonyl (C=O) groups excluding carboxylic acids is 2. The summed E-state index contributed by atoms with van der Waals surface area (Å²) in [6.45, 7) is 0. The number of nitrogens with one attached hydrogen (secondary N) is 2. The van der Waals surface area contributed by atoms with E-state index in [1.54, 1.807) is 18.2 Å². The number of carbonyl (C=O) groups is 2. The molecule has 11 heteroatoms. The Hall–Kier alpha value is -4.64. The lowest BCUT2D eigenvalue weighted by Gasteiger charge is -2.09. The smallest absolute Gasteiger partial charge is 0.269 e. The molecular weight excluding hydrogens is 408 g/mol. The number of non-ortho nitro benzene ring substituents is 2. The Kier molecular flexibility index (Phi) is 7.10. The minimum absolute atomic E-state index is 0. The largest absolute Gasteiger partial charge is 0.412 e. The molecule has 2 amide bonds. The van der Waals surface area contributed by atoms with Gasteiger partial charge in [-0.2, -0.15) is 0 Å². The maximum Gasteiger partial charge on any atom is 0.269 e. The molecule has 0 aliphatic heterocycles. The molecule has 0 heterocycles. The van der Waals surface area contributed by atoms with Crippen LogP contribution in [0.4, 0.5) is 22.7 Å². The van der Waals surface area contributed by atoms with Crippen LogP contribution < -0.4 is 10.6 Å². The van der Waals surface area contributed by atoms with E-state index in [1.807, 2.05) is 0 Å². The van der Waals surface area contributed by atoms with Crippen LogP contribution in [0.5, 0.6) is 0 Å². The highest BCUT2D eigenvalue weighted by Gasteiger charge is 2.12. The molecule has 0 aromatic heterocycles. The third-order valence-corrected chi connectivity index (χ3v) is 4.06. The van der Waals surface area contributed by atoms with Crippen LogP contribution in [0.1, 0.15) is 20.7 Å². The molecule has 0 fully saturated rings. The molecule has 0 aliphatic carbocycles. The van der Waals surface area contributed by atoms with Gasteiger partial charge in [-0.1, -0.05) is 6.07 Å². The van der Waals surface area contributed by atoms with Gasteiger partial charge in [0.1, 0.15) is 0 Å². The van der Waals surface area contributed by atoms with Crippen LogP contribution in [0.3, 0.4) is 0 Å². The third-order valence-electron chi connectivity index (χ3n) is 4.06. The molecule has 4 N–H and O–H groups in total. The van der Waals surface area contributed by atoms with E-state index in [0.29, 0.717) is 11.4 Å². The van der Waals surface area contributed by atoms with Crippen LogP contribution >= 0.6 is 0 Å². The van der Waals surface area contributed by atoms with Gasteiger partial charge in [0.05, 0.1) is 9.85 Å². The number of benzene rings is 3. The van der Waals surface area contributed by atoms with Crippen LogP contribution in [0, 0.1) is 20.2 Å². The summed E-state index contributed by atoms with van der Waals surface area (Å²) in [4.78, 5) is 44.9. The number of hydrogen-bond donors (Lipinski definition) is 2. The van der Waals surface area contributed by atoms with Crippen molar-refractivity contribution in [2.24, 2.45) is 0 Å². The number of rotatable bonds is 6. The molecule has 3 aromatic carbocycles. The summed E-state index contributed by atoms with van der Waals surface area (Å²) in [5.41, 5.74) is 1.03. The molecule has 3 aromatic rings. The van der Waals surface area contributed by atoms with Gasteiger partial charge in [-0.05, 0) is 42.5 Å². The number of amides is 2. The van der Waals surface area contributed by atoms with Gasteiger partial charge in [0.15, 0.2) is 0 Å². The summed E-state index contributed by atoms with van der Waals surface area (Å²) in [5, 5.41) is 26.7. The van der Waals surface area contributed by atoms with Crippen LogP contribution in [-0.2, 0) is 0 Å². The summed E-state index contributed by atoms with van der Waals surface area (Å²) < 4.78 is 0. The molecule has 0 saturated heterocycles. The van der Waals surface area contributed by atoms with Crippen molar-refractivity contribution in [1.29, 1.82) is 0 Å². The first kappa shape index (κ1) is 22.6. The van der Waals surface area contributed by atoms with Gasteiger partial charge >= 0.3 is 0 Å². The molecule has 31 heavy (non-hydrogen) atoms. The van der Waals surface area contributed by atoms with Crippen molar-refractivity contribution in [3.63, 3.8) is 0 Å². The highest BCUT2D eigenvalue weighted by molar-refractivity contribution is 6.06. The van der Waals surface area contributed by atoms with Crippen molar-refractivity contribution in [3.05, 3.63) is 104 Å². The van der Waals surface area contributed by atoms with E-state index in [9.17, 15) is 29.8 Å². The number of anilines is 2. The van der Waals surface area contributed by atoms with Crippen LogP contribution in [-0.4, -0.2) is 27.1 Å². The normalized spacial score (nSPS) is 9.81. The second kappa shape index (κ2) is 9.71. The van der Waals surface area contributed by atoms with Crippen molar-refractivity contribution in [3.8, 4) is 0 Å². The monoisotopic (exact) mass is 424 g/mol. The Bertz CT molecular complexity index is 1040. The lowest BCUT2D eigenvalue weighted by molar-refractivity contribution is -0.385. The average Bonchev–Trinajstić information content (AvgIpc) is 2.74. The van der Waals surface area contributed by atoms with Gasteiger partial charge in [-0.3, -0.25) is 29.8 Å². The zero-order valence-electron chi connectivity index (χ0n) is 15.8. The topological polar surface area (TPSA) is 176 Å². The highest BCUT2D eigenvalue weighted by Crippen LogP contribution is 2.19. The van der Waals surface area contributed by atoms with Gasteiger partial charge < -0.3 is 16.1 Å². The standard InChI is InChI=1S/C20H14N4O6.H2O/c25-19(13-4-8-17(9-5-13)23(27)28)21-15-2-1-3-16(12-15)22-20(26)14-6-10-18(11-7-14)24(29)30;/h1-12H,(H,21,25)(H,22,26);1H2. The molecule has 0 spiro atoms. The Morgan fingerprint density at radius 1 is 0.645 bits per heavy atom. The first-order valence-corrected chi connectivity index (χ1v) is 8.55. The fourth-order valence-electron chi connectivity index (χ4n) is 2.55. The average molecular weight is 424 g/mol. The molecule has 158 valence electrons. The Balaban J connectivity index is 0.00000341. The van der Waals surface area contributed by atoms with Gasteiger partial charge in [-0.15, -0.1) is 0 Å². The fraction of sp³-hybridized carbons (Fsp3) is 0. The first-order chi connectivity index (χ1) is 14.3. The number of nitro benzene ring substituents is 2. The van der Waals surface area contributed by atoms with E-state index in [-0.39, 0.29) is 28.0 Å². The molecule has 3 rings (SSSR count). The SMILES string of the molecule is O.O=C(Nc1cccc(NC(=O)c2ccc([N+](=O)[O-])cc2)c1)c1ccc([N+](=O)[O-])cc1. The zero-order valence-corrected chi connectivity index (χ0v) is 15.8. The highest BCUT2D eigenvalue weighted by atomic mass is 16.6. The van der Waals surface area contributed by atoms with Crippen molar-refractivity contribution >= 4 is 34.6 Å². The predicted octanol–water partition coefficient (Wildman–Crippen LogP) is 3.18. The summed E-state index contributed by atoms with van der Waals surface area (Å²) in [6.07, 6.45) is 0. The Morgan fingerprint density at radius 3 is 1.32 bits per heavy atom. The van der Waals surface area contributed by atoms with E-state index in [0.717, 1.165) is 0 Å². The van der Waals surface area contributed by atoms with Crippen molar-refractivity contribution < 1.29 is 24.9 Å². The summed E-state index contributed by atoms with van der Waals surface area (Å²) >= 11 is 0. The van der Waals surface area contributed by atoms with Crippen LogP contribution in [0.25, 0.3) is 0 Å². The van der Waals surface area contributed by atoms with Gasteiger partial charge in [-0.25, -0.2) is 0 Å². The molecule has 0 radical (unpaired) electrons. The molecule has 0 bridgehead atoms. The quantitative estimate of drug-likeness (QED) is 0.453. The van der Waals surface area contributed by atoms with Crippen molar-refractivity contribution in [1.82, 2.24) is 0 Å². The first-order valence-electron chi connectivity index (χ1n) is 8.55. The maximum atomic E-state index is 12.3. The van der Waals surface area contributed by atoms with E-state index in [2.05, 4.69) is 10.6 Å². The van der Waals surface area contributed by atoms with Gasteiger partial charge in [0.25, 0.3) is 23.2 Å². The number of nitro groups is 2. The van der Waals surface area contributed by atoms with Crippen LogP contribution in [0.2, 0.25) is 0 Å². The molecule has 0 unspecified atom stereocenters. The fourth-order valence-corrected chi connectivity index (χ4v) is 2.55. The number of hydrogen-bond acceptors (Lipinski definition) is 6. The molecule has 0 aliphatic rings. The Labute approximate surface area is 174 Å². The number of nitrogens with zero attached hydrogens (tertiary/aromatic N) is 2. The Morgan fingerprint density at radius 2 is 1.00 bits per heavy atom. The van der Waals surface area contributed by atoms with Crippen molar-refractivity contribution in [2.45, 2.75) is 0 Å². The minimum Gasteiger partial charge on any atom is -0.412 e. The maximum absolute atomic E-state index is 12.3. The van der Waals surface area contributed by atoms with Crippen LogP contribution in [0.15, 0.2) is 72.8 Å². The van der Waals surface area contributed by atoms with Crippen molar-refractivity contribution in [2.75, 3.05) is 10.6 Å². The second-order valence-electron chi connectivity index (χ2n) is 6.10. The molecule has 0 saturated carbocycles. The summed E-state index contributed by atoms with van der Waals surface area (Å²) in [6, 6.07) is 16.7. The summed E-state index contributed by atoms with van der Waals surface area (Å²) in [5.74, 6) is -0.938. The van der Waals surface area contributed by atoms with E-state index in [1.165, 1.54) is 54.6 Å². The van der Waals surface area contributed by atoms with E-state index >= 15 is 0 Å². The zero-order chi connectivity index (χ0) is 21.7. The molecule has 0 atom stereocenters. The third kappa shape index (κ3) is 5.68. The van der Waals surface area contributed by atoms with Gasteiger partial charge in [0.2, 0.25) is 0 Å². The van der Waals surface area contributed by atoms with E-state index < -0.39 is 21.7 Å². The minimum atomic E-state index is -0.557.